The molecule has 0 aliphatic carbocycles. The van der Waals surface area contributed by atoms with Crippen LogP contribution >= 0.6 is 11.3 Å². The van der Waals surface area contributed by atoms with Crippen molar-refractivity contribution in [2.24, 2.45) is 0 Å². The van der Waals surface area contributed by atoms with Gasteiger partial charge in [0.15, 0.2) is 0 Å². The van der Waals surface area contributed by atoms with E-state index in [2.05, 4.69) is 54.3 Å². The van der Waals surface area contributed by atoms with E-state index in [4.69, 9.17) is 0 Å². The van der Waals surface area contributed by atoms with Crippen molar-refractivity contribution >= 4 is 33.1 Å². The highest BCUT2D eigenvalue weighted by molar-refractivity contribution is 7.18. The van der Waals surface area contributed by atoms with Crippen LogP contribution in [0.3, 0.4) is 0 Å². The average molecular weight is 283 g/mol. The first kappa shape index (κ1) is 13.1. The molecule has 2 heterocycles. The highest BCUT2D eigenvalue weighted by atomic mass is 32.1. The van der Waals surface area contributed by atoms with E-state index in [1.54, 1.807) is 17.7 Å². The van der Waals surface area contributed by atoms with Crippen LogP contribution < -0.4 is 5.32 Å². The highest BCUT2D eigenvalue weighted by Gasteiger charge is 2.12. The van der Waals surface area contributed by atoms with E-state index in [0.29, 0.717) is 0 Å². The van der Waals surface area contributed by atoms with E-state index in [1.807, 2.05) is 6.07 Å². The molecule has 0 fully saturated rings. The fourth-order valence-electron chi connectivity index (χ4n) is 2.36. The third-order valence-electron chi connectivity index (χ3n) is 3.62. The lowest BCUT2D eigenvalue weighted by molar-refractivity contribution is 1.13. The van der Waals surface area contributed by atoms with Crippen LogP contribution in [0.5, 0.6) is 0 Å². The van der Waals surface area contributed by atoms with Gasteiger partial charge in [-0.05, 0) is 37.5 Å². The van der Waals surface area contributed by atoms with Crippen molar-refractivity contribution in [1.29, 1.82) is 0 Å². The molecule has 3 aromatic rings. The number of thiophene rings is 1. The van der Waals surface area contributed by atoms with E-state index in [-0.39, 0.29) is 0 Å². The van der Waals surface area contributed by atoms with Gasteiger partial charge in [0.05, 0.1) is 5.39 Å². The molecule has 4 heteroatoms. The normalized spacial score (nSPS) is 10.9. The molecule has 1 aromatic carbocycles. The van der Waals surface area contributed by atoms with Gasteiger partial charge in [-0.3, -0.25) is 0 Å². The molecule has 0 unspecified atom stereocenters. The number of aromatic nitrogens is 2. The number of benzene rings is 1. The van der Waals surface area contributed by atoms with Crippen LogP contribution in [0, 0.1) is 13.8 Å². The Bertz CT molecular complexity index is 762. The number of anilines is 2. The van der Waals surface area contributed by atoms with Gasteiger partial charge in [-0.1, -0.05) is 25.1 Å². The number of hydrogen-bond donors (Lipinski definition) is 1. The Balaban J connectivity index is 2.11. The number of rotatable bonds is 3. The Labute approximate surface area is 122 Å². The largest absolute Gasteiger partial charge is 0.339 e. The first-order valence-corrected chi connectivity index (χ1v) is 7.58. The third kappa shape index (κ3) is 2.16. The first-order valence-electron chi connectivity index (χ1n) is 6.76. The Morgan fingerprint density at radius 2 is 1.95 bits per heavy atom. The summed E-state index contributed by atoms with van der Waals surface area (Å²) < 4.78 is 0. The van der Waals surface area contributed by atoms with Crippen LogP contribution in [0.4, 0.5) is 11.5 Å². The van der Waals surface area contributed by atoms with E-state index in [9.17, 15) is 0 Å². The SMILES string of the molecule is CCc1ccccc1Nc1ncnc2sc(C)c(C)c12. The van der Waals surface area contributed by atoms with Crippen LogP contribution in [0.1, 0.15) is 22.9 Å². The van der Waals surface area contributed by atoms with Crippen molar-refractivity contribution in [3.8, 4) is 0 Å². The Morgan fingerprint density at radius 3 is 2.75 bits per heavy atom. The topological polar surface area (TPSA) is 37.8 Å². The summed E-state index contributed by atoms with van der Waals surface area (Å²) in [5.41, 5.74) is 3.68. The summed E-state index contributed by atoms with van der Waals surface area (Å²) in [6.45, 7) is 6.43. The van der Waals surface area contributed by atoms with Crippen molar-refractivity contribution < 1.29 is 0 Å². The quantitative estimate of drug-likeness (QED) is 0.762. The minimum atomic E-state index is 0.901. The summed E-state index contributed by atoms with van der Waals surface area (Å²) in [6, 6.07) is 8.36. The molecule has 0 aliphatic rings. The van der Waals surface area contributed by atoms with Crippen LogP contribution in [-0.2, 0) is 6.42 Å². The Hall–Kier alpha value is -1.94. The summed E-state index contributed by atoms with van der Waals surface area (Å²) in [5, 5.41) is 4.62. The Morgan fingerprint density at radius 1 is 1.15 bits per heavy atom. The number of hydrogen-bond acceptors (Lipinski definition) is 4. The van der Waals surface area contributed by atoms with Crippen molar-refractivity contribution in [3.63, 3.8) is 0 Å². The average Bonchev–Trinajstić information content (AvgIpc) is 2.76. The zero-order chi connectivity index (χ0) is 14.1. The van der Waals surface area contributed by atoms with Gasteiger partial charge in [0.2, 0.25) is 0 Å². The highest BCUT2D eigenvalue weighted by Crippen LogP contribution is 2.34. The number of nitrogens with zero attached hydrogens (tertiary/aromatic N) is 2. The fourth-order valence-corrected chi connectivity index (χ4v) is 3.35. The van der Waals surface area contributed by atoms with Gasteiger partial charge in [-0.2, -0.15) is 0 Å². The molecule has 1 N–H and O–H groups in total. The summed E-state index contributed by atoms with van der Waals surface area (Å²) in [7, 11) is 0. The van der Waals surface area contributed by atoms with E-state index in [1.165, 1.54) is 16.0 Å². The Kier molecular flexibility index (Phi) is 3.40. The third-order valence-corrected chi connectivity index (χ3v) is 4.73. The van der Waals surface area contributed by atoms with Gasteiger partial charge in [0.25, 0.3) is 0 Å². The molecule has 3 rings (SSSR count). The maximum atomic E-state index is 4.44. The lowest BCUT2D eigenvalue weighted by Gasteiger charge is -2.11. The van der Waals surface area contributed by atoms with Crippen molar-refractivity contribution in [1.82, 2.24) is 9.97 Å². The maximum absolute atomic E-state index is 4.44. The molecule has 0 atom stereocenters. The minimum absolute atomic E-state index is 0.901. The zero-order valence-corrected chi connectivity index (χ0v) is 12.7. The molecule has 0 amide bonds. The monoisotopic (exact) mass is 283 g/mol. The molecule has 102 valence electrons. The van der Waals surface area contributed by atoms with Gasteiger partial charge in [0, 0.05) is 10.6 Å². The maximum Gasteiger partial charge on any atom is 0.142 e. The second-order valence-electron chi connectivity index (χ2n) is 4.82. The molecule has 0 spiro atoms. The van der Waals surface area contributed by atoms with E-state index < -0.39 is 0 Å². The molecular formula is C16H17N3S. The molecule has 20 heavy (non-hydrogen) atoms. The molecule has 0 saturated carbocycles. The van der Waals surface area contributed by atoms with Crippen molar-refractivity contribution in [3.05, 3.63) is 46.6 Å². The summed E-state index contributed by atoms with van der Waals surface area (Å²) in [4.78, 5) is 11.2. The number of fused-ring (bicyclic) bond motifs is 1. The number of nitrogens with one attached hydrogen (secondary N) is 1. The second kappa shape index (κ2) is 5.21. The van der Waals surface area contributed by atoms with Crippen LogP contribution in [-0.4, -0.2) is 9.97 Å². The minimum Gasteiger partial charge on any atom is -0.339 e. The smallest absolute Gasteiger partial charge is 0.142 e. The van der Waals surface area contributed by atoms with Gasteiger partial charge >= 0.3 is 0 Å². The van der Waals surface area contributed by atoms with Gasteiger partial charge in [-0.15, -0.1) is 11.3 Å². The van der Waals surface area contributed by atoms with Crippen molar-refractivity contribution in [2.75, 3.05) is 5.32 Å². The van der Waals surface area contributed by atoms with Gasteiger partial charge < -0.3 is 5.32 Å². The van der Waals surface area contributed by atoms with Crippen LogP contribution in [0.15, 0.2) is 30.6 Å². The first-order chi connectivity index (χ1) is 9.70. The lowest BCUT2D eigenvalue weighted by Crippen LogP contribution is -1.98. The fraction of sp³-hybridized carbons (Fsp3) is 0.250. The zero-order valence-electron chi connectivity index (χ0n) is 11.9. The summed E-state index contributed by atoms with van der Waals surface area (Å²) >= 11 is 1.72. The van der Waals surface area contributed by atoms with Gasteiger partial charge in [-0.25, -0.2) is 9.97 Å². The lowest BCUT2D eigenvalue weighted by atomic mass is 10.1. The summed E-state index contributed by atoms with van der Waals surface area (Å²) in [5.74, 6) is 0.901. The number of para-hydroxylation sites is 1. The molecule has 0 saturated heterocycles. The van der Waals surface area contributed by atoms with E-state index >= 15 is 0 Å². The molecular weight excluding hydrogens is 266 g/mol. The van der Waals surface area contributed by atoms with E-state index in [0.717, 1.165) is 28.1 Å². The van der Waals surface area contributed by atoms with Crippen molar-refractivity contribution in [2.45, 2.75) is 27.2 Å². The van der Waals surface area contributed by atoms with Crippen LogP contribution in [0.25, 0.3) is 10.2 Å². The number of aryl methyl sites for hydroxylation is 3. The predicted molar refractivity (Wildman–Crippen MR) is 86.0 cm³/mol. The predicted octanol–water partition coefficient (Wildman–Crippen LogP) is 4.61. The standard InChI is InChI=1S/C16H17N3S/c1-4-12-7-5-6-8-13(12)19-15-14-10(2)11(3)20-16(14)18-9-17-15/h5-9H,4H2,1-3H3,(H,17,18,19). The second-order valence-corrected chi connectivity index (χ2v) is 6.02. The molecule has 0 aliphatic heterocycles. The molecule has 0 radical (unpaired) electrons. The molecule has 3 nitrogen and oxygen atoms in total. The summed E-state index contributed by atoms with van der Waals surface area (Å²) in [6.07, 6.45) is 2.63. The van der Waals surface area contributed by atoms with Crippen LogP contribution in [0.2, 0.25) is 0 Å². The molecule has 2 aromatic heterocycles. The van der Waals surface area contributed by atoms with Gasteiger partial charge in [0.1, 0.15) is 17.0 Å². The molecule has 0 bridgehead atoms.